The molecule has 1 aromatic carbocycles. The number of hydrogen-bond acceptors (Lipinski definition) is 0. The van der Waals surface area contributed by atoms with Crippen LogP contribution in [0.15, 0.2) is 35.9 Å². The number of aryl methyl sites for hydroxylation is 1. The molecule has 0 N–H and O–H groups in total. The normalized spacial score (nSPS) is 16.3. The van der Waals surface area contributed by atoms with E-state index in [1.807, 2.05) is 0 Å². The molecule has 0 aromatic heterocycles. The summed E-state index contributed by atoms with van der Waals surface area (Å²) in [5.74, 6) is -0.384. The highest BCUT2D eigenvalue weighted by Gasteiger charge is 2.33. The highest BCUT2D eigenvalue weighted by molar-refractivity contribution is 5.69. The number of allylic oxidation sites excluding steroid dienone is 4. The van der Waals surface area contributed by atoms with E-state index >= 15 is 0 Å². The number of halogens is 4. The zero-order valence-corrected chi connectivity index (χ0v) is 9.81. The molecule has 0 heterocycles. The van der Waals surface area contributed by atoms with Gasteiger partial charge in [-0.3, -0.25) is 0 Å². The third-order valence-corrected chi connectivity index (χ3v) is 2.98. The average molecular weight is 256 g/mol. The van der Waals surface area contributed by atoms with Gasteiger partial charge in [0.1, 0.15) is 5.82 Å². The summed E-state index contributed by atoms with van der Waals surface area (Å²) < 4.78 is 51.0. The van der Waals surface area contributed by atoms with Crippen molar-refractivity contribution in [3.63, 3.8) is 0 Å². The second-order valence-corrected chi connectivity index (χ2v) is 4.36. The number of rotatable bonds is 1. The molecule has 18 heavy (non-hydrogen) atoms. The van der Waals surface area contributed by atoms with Gasteiger partial charge in [-0.15, -0.1) is 0 Å². The van der Waals surface area contributed by atoms with Gasteiger partial charge in [0.2, 0.25) is 0 Å². The Morgan fingerprint density at radius 2 is 1.78 bits per heavy atom. The van der Waals surface area contributed by atoms with E-state index in [2.05, 4.69) is 0 Å². The Morgan fingerprint density at radius 1 is 1.06 bits per heavy atom. The lowest BCUT2D eigenvalue weighted by molar-refractivity contribution is -0.0939. The largest absolute Gasteiger partial charge is 0.412 e. The summed E-state index contributed by atoms with van der Waals surface area (Å²) in [6.07, 6.45) is -1.76. The van der Waals surface area contributed by atoms with Gasteiger partial charge in [0.25, 0.3) is 0 Å². The average Bonchev–Trinajstić information content (AvgIpc) is 2.28. The second-order valence-electron chi connectivity index (χ2n) is 4.36. The summed E-state index contributed by atoms with van der Waals surface area (Å²) >= 11 is 0. The quantitative estimate of drug-likeness (QED) is 0.633. The van der Waals surface area contributed by atoms with Crippen molar-refractivity contribution in [2.75, 3.05) is 0 Å². The van der Waals surface area contributed by atoms with Gasteiger partial charge in [0.15, 0.2) is 0 Å². The van der Waals surface area contributed by atoms with Crippen molar-refractivity contribution in [1.82, 2.24) is 0 Å². The number of benzene rings is 1. The van der Waals surface area contributed by atoms with E-state index in [1.54, 1.807) is 19.1 Å². The van der Waals surface area contributed by atoms with Crippen LogP contribution in [0.2, 0.25) is 0 Å². The summed E-state index contributed by atoms with van der Waals surface area (Å²) in [7, 11) is 0. The molecule has 1 aliphatic rings. The van der Waals surface area contributed by atoms with Gasteiger partial charge < -0.3 is 0 Å². The molecule has 0 spiro atoms. The monoisotopic (exact) mass is 256 g/mol. The highest BCUT2D eigenvalue weighted by Crippen LogP contribution is 2.36. The Labute approximate surface area is 103 Å². The highest BCUT2D eigenvalue weighted by atomic mass is 19.4. The van der Waals surface area contributed by atoms with Crippen molar-refractivity contribution in [2.24, 2.45) is 0 Å². The fourth-order valence-electron chi connectivity index (χ4n) is 1.98. The molecule has 0 saturated carbocycles. The molecule has 0 unspecified atom stereocenters. The molecule has 1 aliphatic carbocycles. The van der Waals surface area contributed by atoms with Crippen LogP contribution in [-0.4, -0.2) is 6.18 Å². The minimum absolute atomic E-state index is 0.0946. The number of alkyl halides is 3. The van der Waals surface area contributed by atoms with E-state index in [0.717, 1.165) is 11.6 Å². The SMILES string of the molecule is Cc1ccc(C2=CC=C(C(F)(F)F)CC2)c(F)c1. The van der Waals surface area contributed by atoms with E-state index in [0.29, 0.717) is 11.1 Å². The molecule has 4 heteroatoms. The fourth-order valence-corrected chi connectivity index (χ4v) is 1.98. The van der Waals surface area contributed by atoms with Gasteiger partial charge in [0, 0.05) is 11.1 Å². The van der Waals surface area contributed by atoms with Crippen LogP contribution < -0.4 is 0 Å². The summed E-state index contributed by atoms with van der Waals surface area (Å²) in [6, 6.07) is 4.75. The lowest BCUT2D eigenvalue weighted by Gasteiger charge is -2.17. The van der Waals surface area contributed by atoms with Gasteiger partial charge in [-0.1, -0.05) is 24.3 Å². The molecule has 2 rings (SSSR count). The molecule has 96 valence electrons. The Bertz CT molecular complexity index is 521. The van der Waals surface area contributed by atoms with Crippen LogP contribution >= 0.6 is 0 Å². The second kappa shape index (κ2) is 4.59. The van der Waals surface area contributed by atoms with Gasteiger partial charge in [0.05, 0.1) is 0 Å². The topological polar surface area (TPSA) is 0 Å². The van der Waals surface area contributed by atoms with Crippen LogP contribution in [0.4, 0.5) is 17.6 Å². The van der Waals surface area contributed by atoms with E-state index in [9.17, 15) is 17.6 Å². The molecule has 0 saturated heterocycles. The zero-order valence-electron chi connectivity index (χ0n) is 9.81. The minimum atomic E-state index is -4.28. The summed E-state index contributed by atoms with van der Waals surface area (Å²) in [5, 5.41) is 0. The van der Waals surface area contributed by atoms with E-state index < -0.39 is 11.7 Å². The molecular weight excluding hydrogens is 244 g/mol. The van der Waals surface area contributed by atoms with Crippen molar-refractivity contribution in [3.05, 3.63) is 52.9 Å². The van der Waals surface area contributed by atoms with Crippen LogP contribution in [0.1, 0.15) is 24.0 Å². The standard InChI is InChI=1S/C14H12F4/c1-9-2-7-12(13(15)8-9)10-3-5-11(6-4-10)14(16,17)18/h2-3,5,7-8H,4,6H2,1H3. The minimum Gasteiger partial charge on any atom is -0.206 e. The third-order valence-electron chi connectivity index (χ3n) is 2.98. The molecule has 0 nitrogen and oxygen atoms in total. The van der Waals surface area contributed by atoms with Gasteiger partial charge in [-0.05, 0) is 37.0 Å². The van der Waals surface area contributed by atoms with Crippen LogP contribution in [0, 0.1) is 12.7 Å². The molecule has 0 radical (unpaired) electrons. The van der Waals surface area contributed by atoms with Crippen molar-refractivity contribution in [3.8, 4) is 0 Å². The predicted molar refractivity (Wildman–Crippen MR) is 62.5 cm³/mol. The zero-order chi connectivity index (χ0) is 13.3. The molecule has 0 aliphatic heterocycles. The lowest BCUT2D eigenvalue weighted by Crippen LogP contribution is -2.13. The third kappa shape index (κ3) is 2.63. The fraction of sp³-hybridized carbons (Fsp3) is 0.286. The van der Waals surface area contributed by atoms with Gasteiger partial charge in [-0.2, -0.15) is 13.2 Å². The van der Waals surface area contributed by atoms with Crippen molar-refractivity contribution < 1.29 is 17.6 Å². The molecular formula is C14H12F4. The first-order chi connectivity index (χ1) is 8.38. The first-order valence-electron chi connectivity index (χ1n) is 5.61. The van der Waals surface area contributed by atoms with Crippen molar-refractivity contribution in [2.45, 2.75) is 25.9 Å². The van der Waals surface area contributed by atoms with Crippen molar-refractivity contribution >= 4 is 5.57 Å². The van der Waals surface area contributed by atoms with Crippen molar-refractivity contribution in [1.29, 1.82) is 0 Å². The predicted octanol–water partition coefficient (Wildman–Crippen LogP) is 4.80. The summed E-state index contributed by atoms with van der Waals surface area (Å²) in [5.41, 5.74) is 1.23. The van der Waals surface area contributed by atoms with E-state index in [1.165, 1.54) is 12.1 Å². The Morgan fingerprint density at radius 3 is 2.28 bits per heavy atom. The Kier molecular flexibility index (Phi) is 3.28. The Balaban J connectivity index is 2.32. The van der Waals surface area contributed by atoms with E-state index in [-0.39, 0.29) is 18.7 Å². The molecule has 0 atom stereocenters. The van der Waals surface area contributed by atoms with Gasteiger partial charge in [-0.25, -0.2) is 4.39 Å². The summed E-state index contributed by atoms with van der Waals surface area (Å²) in [6.45, 7) is 1.77. The summed E-state index contributed by atoms with van der Waals surface area (Å²) in [4.78, 5) is 0. The maximum absolute atomic E-state index is 13.7. The van der Waals surface area contributed by atoms with Crippen LogP contribution in [-0.2, 0) is 0 Å². The Hall–Kier alpha value is -1.58. The smallest absolute Gasteiger partial charge is 0.206 e. The first-order valence-corrected chi connectivity index (χ1v) is 5.61. The molecule has 0 amide bonds. The molecule has 1 aromatic rings. The maximum atomic E-state index is 13.7. The lowest BCUT2D eigenvalue weighted by atomic mass is 9.92. The first kappa shape index (κ1) is 12.9. The van der Waals surface area contributed by atoms with Gasteiger partial charge >= 0.3 is 6.18 Å². The molecule has 0 fully saturated rings. The van der Waals surface area contributed by atoms with Crippen LogP contribution in [0.25, 0.3) is 5.57 Å². The number of hydrogen-bond donors (Lipinski definition) is 0. The molecule has 0 bridgehead atoms. The maximum Gasteiger partial charge on any atom is 0.412 e. The van der Waals surface area contributed by atoms with Crippen LogP contribution in [0.3, 0.4) is 0 Å². The van der Waals surface area contributed by atoms with Crippen LogP contribution in [0.5, 0.6) is 0 Å². The van der Waals surface area contributed by atoms with E-state index in [4.69, 9.17) is 0 Å².